The van der Waals surface area contributed by atoms with Crippen LogP contribution in [0.3, 0.4) is 0 Å². The van der Waals surface area contributed by atoms with Crippen molar-refractivity contribution >= 4 is 10.9 Å². The quantitative estimate of drug-likeness (QED) is 0.701. The van der Waals surface area contributed by atoms with Gasteiger partial charge in [-0.05, 0) is 49.7 Å². The normalized spacial score (nSPS) is 16.5. The van der Waals surface area contributed by atoms with Crippen molar-refractivity contribution < 1.29 is 0 Å². The van der Waals surface area contributed by atoms with Gasteiger partial charge in [0.1, 0.15) is 0 Å². The predicted octanol–water partition coefficient (Wildman–Crippen LogP) is 4.65. The first kappa shape index (κ1) is 17.3. The lowest BCUT2D eigenvalue weighted by molar-refractivity contribution is 0.103. The molecular weight excluding hydrogens is 318 g/mol. The number of aromatic nitrogens is 1. The fourth-order valence-electron chi connectivity index (χ4n) is 4.26. The second kappa shape index (κ2) is 8.07. The molecule has 2 aromatic carbocycles. The van der Waals surface area contributed by atoms with Crippen molar-refractivity contribution in [3.63, 3.8) is 0 Å². The average Bonchev–Trinajstić information content (AvgIpc) is 3.11. The highest BCUT2D eigenvalue weighted by molar-refractivity contribution is 5.82. The molecule has 136 valence electrons. The second-order valence-corrected chi connectivity index (χ2v) is 7.42. The molecule has 1 aromatic heterocycles. The Morgan fingerprint density at radius 3 is 2.50 bits per heavy atom. The Balaban J connectivity index is 1.34. The van der Waals surface area contributed by atoms with Crippen molar-refractivity contribution in [2.24, 2.45) is 0 Å². The predicted molar refractivity (Wildman–Crippen MR) is 109 cm³/mol. The van der Waals surface area contributed by atoms with Crippen molar-refractivity contribution in [3.05, 3.63) is 71.9 Å². The van der Waals surface area contributed by atoms with Crippen molar-refractivity contribution in [2.75, 3.05) is 19.6 Å². The van der Waals surface area contributed by atoms with Gasteiger partial charge < -0.3 is 4.98 Å². The summed E-state index contributed by atoms with van der Waals surface area (Å²) in [5.74, 6) is 0. The van der Waals surface area contributed by atoms with E-state index in [1.54, 1.807) is 0 Å². The van der Waals surface area contributed by atoms with Crippen LogP contribution in [-0.4, -0.2) is 40.5 Å². The summed E-state index contributed by atoms with van der Waals surface area (Å²) in [6.07, 6.45) is 4.72. The molecule has 3 nitrogen and oxygen atoms in total. The van der Waals surface area contributed by atoms with E-state index in [0.717, 1.165) is 19.6 Å². The topological polar surface area (TPSA) is 22.3 Å². The van der Waals surface area contributed by atoms with Gasteiger partial charge in [0, 0.05) is 36.2 Å². The first-order chi connectivity index (χ1) is 12.8. The SMILES string of the molecule is CCN(Cc1ccccc1)C1CCN(Cc2c[nH]c3ccccc23)CC1. The number of para-hydroxylation sites is 1. The molecule has 0 aliphatic carbocycles. The summed E-state index contributed by atoms with van der Waals surface area (Å²) in [7, 11) is 0. The number of hydrogen-bond acceptors (Lipinski definition) is 2. The Hall–Kier alpha value is -2.10. The Morgan fingerprint density at radius 1 is 1.00 bits per heavy atom. The lowest BCUT2D eigenvalue weighted by Gasteiger charge is -2.38. The second-order valence-electron chi connectivity index (χ2n) is 7.42. The molecule has 0 bridgehead atoms. The fraction of sp³-hybridized carbons (Fsp3) is 0.391. The van der Waals surface area contributed by atoms with Crippen molar-refractivity contribution in [3.8, 4) is 0 Å². The van der Waals surface area contributed by atoms with Gasteiger partial charge in [0.15, 0.2) is 0 Å². The van der Waals surface area contributed by atoms with Crippen LogP contribution < -0.4 is 0 Å². The van der Waals surface area contributed by atoms with E-state index < -0.39 is 0 Å². The van der Waals surface area contributed by atoms with Crippen LogP contribution in [0.1, 0.15) is 30.9 Å². The Morgan fingerprint density at radius 2 is 1.73 bits per heavy atom. The van der Waals surface area contributed by atoms with E-state index in [2.05, 4.69) is 82.5 Å². The van der Waals surface area contributed by atoms with Crippen LogP contribution in [0, 0.1) is 0 Å². The van der Waals surface area contributed by atoms with Crippen molar-refractivity contribution in [1.29, 1.82) is 0 Å². The van der Waals surface area contributed by atoms with Gasteiger partial charge in [0.2, 0.25) is 0 Å². The zero-order valence-electron chi connectivity index (χ0n) is 15.7. The molecule has 0 amide bonds. The zero-order valence-corrected chi connectivity index (χ0v) is 15.7. The van der Waals surface area contributed by atoms with Crippen molar-refractivity contribution in [2.45, 2.75) is 38.9 Å². The number of H-pyrrole nitrogens is 1. The highest BCUT2D eigenvalue weighted by Crippen LogP contribution is 2.23. The molecule has 3 aromatic rings. The molecule has 3 heteroatoms. The number of piperidine rings is 1. The maximum absolute atomic E-state index is 3.41. The van der Waals surface area contributed by atoms with E-state index in [1.165, 1.54) is 48.0 Å². The first-order valence-corrected chi connectivity index (χ1v) is 9.89. The van der Waals surface area contributed by atoms with E-state index in [-0.39, 0.29) is 0 Å². The third-order valence-corrected chi connectivity index (χ3v) is 5.78. The lowest BCUT2D eigenvalue weighted by atomic mass is 10.0. The Labute approximate surface area is 156 Å². The summed E-state index contributed by atoms with van der Waals surface area (Å²) in [6, 6.07) is 20.2. The molecule has 0 saturated carbocycles. The Kier molecular flexibility index (Phi) is 5.37. The van der Waals surface area contributed by atoms with Crippen LogP contribution in [-0.2, 0) is 13.1 Å². The van der Waals surface area contributed by atoms with Crippen LogP contribution in [0.4, 0.5) is 0 Å². The maximum Gasteiger partial charge on any atom is 0.0457 e. The van der Waals surface area contributed by atoms with E-state index in [1.807, 2.05) is 0 Å². The number of hydrogen-bond donors (Lipinski definition) is 1. The van der Waals surface area contributed by atoms with Gasteiger partial charge >= 0.3 is 0 Å². The minimum Gasteiger partial charge on any atom is -0.361 e. The molecule has 0 radical (unpaired) electrons. The van der Waals surface area contributed by atoms with Crippen LogP contribution >= 0.6 is 0 Å². The number of benzene rings is 2. The average molecular weight is 348 g/mol. The van der Waals surface area contributed by atoms with Gasteiger partial charge in [-0.2, -0.15) is 0 Å². The molecule has 4 rings (SSSR count). The smallest absolute Gasteiger partial charge is 0.0457 e. The van der Waals surface area contributed by atoms with Crippen LogP contribution in [0.2, 0.25) is 0 Å². The molecule has 0 spiro atoms. The molecule has 26 heavy (non-hydrogen) atoms. The van der Waals surface area contributed by atoms with Gasteiger partial charge in [-0.1, -0.05) is 55.5 Å². The van der Waals surface area contributed by atoms with Crippen molar-refractivity contribution in [1.82, 2.24) is 14.8 Å². The molecular formula is C23H29N3. The molecule has 0 unspecified atom stereocenters. The lowest BCUT2D eigenvalue weighted by Crippen LogP contribution is -2.44. The van der Waals surface area contributed by atoms with E-state index in [0.29, 0.717) is 6.04 Å². The van der Waals surface area contributed by atoms with Crippen LogP contribution in [0.15, 0.2) is 60.8 Å². The minimum absolute atomic E-state index is 0.708. The number of nitrogens with one attached hydrogen (secondary N) is 1. The van der Waals surface area contributed by atoms with E-state index >= 15 is 0 Å². The van der Waals surface area contributed by atoms with Gasteiger partial charge in [-0.15, -0.1) is 0 Å². The fourth-order valence-corrected chi connectivity index (χ4v) is 4.26. The molecule has 1 aliphatic heterocycles. The number of fused-ring (bicyclic) bond motifs is 1. The van der Waals surface area contributed by atoms with E-state index in [4.69, 9.17) is 0 Å². The maximum atomic E-state index is 3.41. The zero-order chi connectivity index (χ0) is 17.8. The molecule has 2 heterocycles. The minimum atomic E-state index is 0.708. The Bertz CT molecular complexity index is 816. The molecule has 1 saturated heterocycles. The third kappa shape index (κ3) is 3.84. The molecule has 0 atom stereocenters. The highest BCUT2D eigenvalue weighted by atomic mass is 15.2. The highest BCUT2D eigenvalue weighted by Gasteiger charge is 2.24. The number of likely N-dealkylation sites (tertiary alicyclic amines) is 1. The summed E-state index contributed by atoms with van der Waals surface area (Å²) in [5, 5.41) is 1.37. The number of nitrogens with zero attached hydrogens (tertiary/aromatic N) is 2. The standard InChI is InChI=1S/C23H29N3/c1-2-26(17-19-8-4-3-5-9-19)21-12-14-25(15-13-21)18-20-16-24-23-11-7-6-10-22(20)23/h3-11,16,21,24H,2,12-15,17-18H2,1H3. The van der Waals surface area contributed by atoms with E-state index in [9.17, 15) is 0 Å². The largest absolute Gasteiger partial charge is 0.361 e. The summed E-state index contributed by atoms with van der Waals surface area (Å²) in [6.45, 7) is 7.93. The van der Waals surface area contributed by atoms with Gasteiger partial charge in [0.25, 0.3) is 0 Å². The summed E-state index contributed by atoms with van der Waals surface area (Å²) < 4.78 is 0. The third-order valence-electron chi connectivity index (χ3n) is 5.78. The number of rotatable bonds is 6. The van der Waals surface area contributed by atoms with Gasteiger partial charge in [-0.3, -0.25) is 9.80 Å². The molecule has 1 N–H and O–H groups in total. The van der Waals surface area contributed by atoms with Crippen LogP contribution in [0.25, 0.3) is 10.9 Å². The van der Waals surface area contributed by atoms with Gasteiger partial charge in [0.05, 0.1) is 0 Å². The monoisotopic (exact) mass is 347 g/mol. The van der Waals surface area contributed by atoms with Gasteiger partial charge in [-0.25, -0.2) is 0 Å². The summed E-state index contributed by atoms with van der Waals surface area (Å²) in [4.78, 5) is 8.67. The molecule has 1 fully saturated rings. The summed E-state index contributed by atoms with van der Waals surface area (Å²) in [5.41, 5.74) is 4.10. The summed E-state index contributed by atoms with van der Waals surface area (Å²) >= 11 is 0. The first-order valence-electron chi connectivity index (χ1n) is 9.89. The van der Waals surface area contributed by atoms with Crippen LogP contribution in [0.5, 0.6) is 0 Å². The number of aromatic amines is 1. The molecule has 1 aliphatic rings.